The first kappa shape index (κ1) is 16.7. The van der Waals surface area contributed by atoms with E-state index in [4.69, 9.17) is 27.4 Å². The summed E-state index contributed by atoms with van der Waals surface area (Å²) in [6.07, 6.45) is 0. The fourth-order valence-electron chi connectivity index (χ4n) is 1.92. The maximum absolute atomic E-state index is 10.6. The molecule has 0 saturated carbocycles. The van der Waals surface area contributed by atoms with Crippen molar-refractivity contribution in [3.63, 3.8) is 0 Å². The van der Waals surface area contributed by atoms with E-state index in [0.717, 1.165) is 5.56 Å². The van der Waals surface area contributed by atoms with Gasteiger partial charge in [0.25, 0.3) is 5.69 Å². The lowest BCUT2D eigenvalue weighted by Gasteiger charge is -2.13. The molecule has 23 heavy (non-hydrogen) atoms. The minimum absolute atomic E-state index is 0.0459. The number of nitro benzene ring substituents is 1. The molecule has 2 aromatic carbocycles. The predicted molar refractivity (Wildman–Crippen MR) is 90.9 cm³/mol. The zero-order valence-electron chi connectivity index (χ0n) is 12.5. The second-order valence-electron chi connectivity index (χ2n) is 4.67. The zero-order chi connectivity index (χ0) is 16.8. The third-order valence-electron chi connectivity index (χ3n) is 3.07. The van der Waals surface area contributed by atoms with Crippen LogP contribution in [-0.4, -0.2) is 16.5 Å². The van der Waals surface area contributed by atoms with Crippen molar-refractivity contribution in [2.75, 3.05) is 6.61 Å². The molecule has 0 heterocycles. The number of ether oxygens (including phenoxy) is 2. The molecule has 0 amide bonds. The molecule has 0 bridgehead atoms. The van der Waals surface area contributed by atoms with E-state index < -0.39 is 4.92 Å². The number of rotatable bonds is 7. The number of hydrogen-bond donors (Lipinski definition) is 1. The first-order valence-electron chi connectivity index (χ1n) is 6.94. The Labute approximate surface area is 139 Å². The number of nitro groups is 1. The lowest BCUT2D eigenvalue weighted by molar-refractivity contribution is -0.384. The van der Waals surface area contributed by atoms with Gasteiger partial charge in [0.05, 0.1) is 11.5 Å². The van der Waals surface area contributed by atoms with Gasteiger partial charge in [0.1, 0.15) is 11.6 Å². The smallest absolute Gasteiger partial charge is 0.269 e. The number of hydrogen-bond acceptors (Lipinski definition) is 5. The number of nitrogens with zero attached hydrogens (tertiary/aromatic N) is 1. The summed E-state index contributed by atoms with van der Waals surface area (Å²) in [7, 11) is 0. The van der Waals surface area contributed by atoms with E-state index in [9.17, 15) is 10.1 Å². The molecule has 2 rings (SSSR count). The summed E-state index contributed by atoms with van der Waals surface area (Å²) in [6, 6.07) is 11.4. The van der Waals surface area contributed by atoms with E-state index in [1.807, 2.05) is 6.92 Å². The van der Waals surface area contributed by atoms with Crippen LogP contribution in [0.4, 0.5) is 5.69 Å². The van der Waals surface area contributed by atoms with Crippen LogP contribution in [0, 0.1) is 10.1 Å². The molecule has 0 saturated heterocycles. The Kier molecular flexibility index (Phi) is 5.48. The molecule has 0 aliphatic rings. The standard InChI is InChI=1S/C16H16N2O4S/c1-2-21-15-9-12(16(17)23)5-8-14(15)22-10-11-3-6-13(7-4-11)18(19)20/h3-9H,2,10H2,1H3,(H2,17,23). The average molecular weight is 332 g/mol. The normalized spacial score (nSPS) is 10.1. The van der Waals surface area contributed by atoms with Crippen LogP contribution in [0.2, 0.25) is 0 Å². The Morgan fingerprint density at radius 3 is 2.43 bits per heavy atom. The Hall–Kier alpha value is -2.67. The number of benzene rings is 2. The van der Waals surface area contributed by atoms with Crippen molar-refractivity contribution >= 4 is 22.9 Å². The molecule has 0 aliphatic heterocycles. The Balaban J connectivity index is 2.12. The second-order valence-corrected chi connectivity index (χ2v) is 5.11. The van der Waals surface area contributed by atoms with E-state index >= 15 is 0 Å². The average Bonchev–Trinajstić information content (AvgIpc) is 2.54. The van der Waals surface area contributed by atoms with E-state index in [1.54, 1.807) is 30.3 Å². The predicted octanol–water partition coefficient (Wildman–Crippen LogP) is 3.21. The maximum Gasteiger partial charge on any atom is 0.269 e. The number of nitrogens with two attached hydrogens (primary N) is 1. The van der Waals surface area contributed by atoms with Gasteiger partial charge in [-0.15, -0.1) is 0 Å². The van der Waals surface area contributed by atoms with Crippen molar-refractivity contribution in [3.05, 3.63) is 63.7 Å². The summed E-state index contributed by atoms with van der Waals surface area (Å²) >= 11 is 4.95. The highest BCUT2D eigenvalue weighted by atomic mass is 32.1. The van der Waals surface area contributed by atoms with Gasteiger partial charge in [-0.2, -0.15) is 0 Å². The lowest BCUT2D eigenvalue weighted by Crippen LogP contribution is -2.10. The van der Waals surface area contributed by atoms with Gasteiger partial charge in [-0.25, -0.2) is 0 Å². The van der Waals surface area contributed by atoms with Gasteiger partial charge in [-0.3, -0.25) is 10.1 Å². The Morgan fingerprint density at radius 2 is 1.87 bits per heavy atom. The zero-order valence-corrected chi connectivity index (χ0v) is 13.3. The summed E-state index contributed by atoms with van der Waals surface area (Å²) in [5.74, 6) is 1.12. The third kappa shape index (κ3) is 4.40. The molecule has 7 heteroatoms. The summed E-state index contributed by atoms with van der Waals surface area (Å²) in [4.78, 5) is 10.5. The first-order valence-corrected chi connectivity index (χ1v) is 7.35. The van der Waals surface area contributed by atoms with Gasteiger partial charge in [-0.05, 0) is 42.8 Å². The highest BCUT2D eigenvalue weighted by molar-refractivity contribution is 7.80. The number of non-ortho nitro benzene ring substituents is 1. The molecular formula is C16H16N2O4S. The fourth-order valence-corrected chi connectivity index (χ4v) is 2.05. The molecule has 0 radical (unpaired) electrons. The fraction of sp³-hybridized carbons (Fsp3) is 0.188. The second kappa shape index (κ2) is 7.55. The summed E-state index contributed by atoms with van der Waals surface area (Å²) < 4.78 is 11.3. The van der Waals surface area contributed by atoms with Gasteiger partial charge in [-0.1, -0.05) is 12.2 Å². The molecule has 0 fully saturated rings. The van der Waals surface area contributed by atoms with Crippen molar-refractivity contribution in [3.8, 4) is 11.5 Å². The van der Waals surface area contributed by atoms with Crippen LogP contribution in [0.25, 0.3) is 0 Å². The molecule has 6 nitrogen and oxygen atoms in total. The van der Waals surface area contributed by atoms with Crippen molar-refractivity contribution in [1.29, 1.82) is 0 Å². The summed E-state index contributed by atoms with van der Waals surface area (Å²) in [5.41, 5.74) is 7.17. The largest absolute Gasteiger partial charge is 0.490 e. The maximum atomic E-state index is 10.6. The lowest BCUT2D eigenvalue weighted by atomic mass is 10.2. The SMILES string of the molecule is CCOc1cc(C(N)=S)ccc1OCc1ccc([N+](=O)[O-])cc1. The van der Waals surface area contributed by atoms with Gasteiger partial charge in [0.15, 0.2) is 11.5 Å². The monoisotopic (exact) mass is 332 g/mol. The molecular weight excluding hydrogens is 316 g/mol. The molecule has 2 aromatic rings. The van der Waals surface area contributed by atoms with Crippen LogP contribution < -0.4 is 15.2 Å². The summed E-state index contributed by atoms with van der Waals surface area (Å²) in [5, 5.41) is 10.6. The molecule has 0 atom stereocenters. The third-order valence-corrected chi connectivity index (χ3v) is 3.31. The van der Waals surface area contributed by atoms with Crippen LogP contribution in [0.3, 0.4) is 0 Å². The van der Waals surface area contributed by atoms with Gasteiger partial charge in [0, 0.05) is 17.7 Å². The summed E-state index contributed by atoms with van der Waals surface area (Å²) in [6.45, 7) is 2.62. The van der Waals surface area contributed by atoms with Gasteiger partial charge < -0.3 is 15.2 Å². The van der Waals surface area contributed by atoms with Crippen molar-refractivity contribution in [1.82, 2.24) is 0 Å². The first-order chi connectivity index (χ1) is 11.0. The molecule has 2 N–H and O–H groups in total. The van der Waals surface area contributed by atoms with Crippen LogP contribution in [0.1, 0.15) is 18.1 Å². The van der Waals surface area contributed by atoms with Crippen molar-refractivity contribution in [2.24, 2.45) is 5.73 Å². The Morgan fingerprint density at radius 1 is 1.17 bits per heavy atom. The van der Waals surface area contributed by atoms with Crippen LogP contribution in [-0.2, 0) is 6.61 Å². The molecule has 0 aromatic heterocycles. The molecule has 0 aliphatic carbocycles. The topological polar surface area (TPSA) is 87.6 Å². The molecule has 0 spiro atoms. The number of thiocarbonyl (C=S) groups is 1. The van der Waals surface area contributed by atoms with Crippen molar-refractivity contribution in [2.45, 2.75) is 13.5 Å². The highest BCUT2D eigenvalue weighted by Crippen LogP contribution is 2.29. The van der Waals surface area contributed by atoms with E-state index in [0.29, 0.717) is 23.7 Å². The minimum atomic E-state index is -0.438. The van der Waals surface area contributed by atoms with E-state index in [-0.39, 0.29) is 17.3 Å². The molecule has 0 unspecified atom stereocenters. The van der Waals surface area contributed by atoms with E-state index in [1.165, 1.54) is 12.1 Å². The van der Waals surface area contributed by atoms with Crippen molar-refractivity contribution < 1.29 is 14.4 Å². The quantitative estimate of drug-likeness (QED) is 0.476. The van der Waals surface area contributed by atoms with Gasteiger partial charge >= 0.3 is 0 Å². The van der Waals surface area contributed by atoms with Gasteiger partial charge in [0.2, 0.25) is 0 Å². The highest BCUT2D eigenvalue weighted by Gasteiger charge is 2.09. The minimum Gasteiger partial charge on any atom is -0.490 e. The Bertz CT molecular complexity index is 717. The van der Waals surface area contributed by atoms with E-state index in [2.05, 4.69) is 0 Å². The molecule has 120 valence electrons. The van der Waals surface area contributed by atoms with Crippen LogP contribution in [0.5, 0.6) is 11.5 Å². The van der Waals surface area contributed by atoms with Crippen LogP contribution >= 0.6 is 12.2 Å². The van der Waals surface area contributed by atoms with Crippen LogP contribution in [0.15, 0.2) is 42.5 Å².